The van der Waals surface area contributed by atoms with Crippen molar-refractivity contribution >= 4 is 16.8 Å². The fourth-order valence-corrected chi connectivity index (χ4v) is 4.79. The largest absolute Gasteiger partial charge is 0.355 e. The van der Waals surface area contributed by atoms with Crippen LogP contribution in [0.5, 0.6) is 0 Å². The third kappa shape index (κ3) is 5.37. The van der Waals surface area contributed by atoms with Gasteiger partial charge < -0.3 is 9.88 Å². The van der Waals surface area contributed by atoms with Gasteiger partial charge in [0.15, 0.2) is 0 Å². The Hall–Kier alpha value is -2.59. The highest BCUT2D eigenvalue weighted by Gasteiger charge is 2.17. The lowest BCUT2D eigenvalue weighted by Gasteiger charge is -2.33. The first-order valence-electron chi connectivity index (χ1n) is 11.7. The summed E-state index contributed by atoms with van der Waals surface area (Å²) >= 11 is 0. The molecule has 1 fully saturated rings. The lowest BCUT2D eigenvalue weighted by Crippen LogP contribution is -2.42. The number of para-hydroxylation sites is 1. The topological polar surface area (TPSA) is 37.3 Å². The van der Waals surface area contributed by atoms with Gasteiger partial charge in [0, 0.05) is 49.2 Å². The minimum Gasteiger partial charge on any atom is -0.355 e. The van der Waals surface area contributed by atoms with E-state index in [1.807, 2.05) is 0 Å². The average Bonchev–Trinajstić information content (AvgIpc) is 3.13. The van der Waals surface area contributed by atoms with Gasteiger partial charge >= 0.3 is 0 Å². The van der Waals surface area contributed by atoms with E-state index in [4.69, 9.17) is 0 Å². The van der Waals surface area contributed by atoms with Crippen molar-refractivity contribution in [1.82, 2.24) is 14.8 Å². The highest BCUT2D eigenvalue weighted by molar-refractivity contribution is 5.85. The molecule has 1 aliphatic rings. The summed E-state index contributed by atoms with van der Waals surface area (Å²) in [5.74, 6) is 0.153. The van der Waals surface area contributed by atoms with Gasteiger partial charge in [-0.2, -0.15) is 0 Å². The molecule has 1 aromatic heterocycles. The molecule has 4 nitrogen and oxygen atoms in total. The van der Waals surface area contributed by atoms with Crippen LogP contribution in [0.3, 0.4) is 0 Å². The number of amides is 1. The Morgan fingerprint density at radius 2 is 1.87 bits per heavy atom. The lowest BCUT2D eigenvalue weighted by atomic mass is 10.0. The molecule has 0 bridgehead atoms. The van der Waals surface area contributed by atoms with Gasteiger partial charge in [-0.15, -0.1) is 0 Å². The Balaban J connectivity index is 1.36. The van der Waals surface area contributed by atoms with Crippen LogP contribution in [0.4, 0.5) is 0 Å². The second-order valence-electron chi connectivity index (χ2n) is 8.96. The van der Waals surface area contributed by atoms with Gasteiger partial charge in [0.05, 0.1) is 0 Å². The number of nitrogens with one attached hydrogen (secondary N) is 1. The van der Waals surface area contributed by atoms with Crippen LogP contribution in [0.1, 0.15) is 49.3 Å². The Labute approximate surface area is 186 Å². The third-order valence-electron chi connectivity index (χ3n) is 6.76. The minimum atomic E-state index is 0.153. The number of carbonyl (C=O) groups excluding carboxylic acids is 1. The predicted octanol–water partition coefficient (Wildman–Crippen LogP) is 4.92. The summed E-state index contributed by atoms with van der Waals surface area (Å²) in [6.07, 6.45) is 7.44. The number of rotatable bonds is 8. The molecule has 0 radical (unpaired) electrons. The van der Waals surface area contributed by atoms with Crippen molar-refractivity contribution in [3.05, 3.63) is 71.4 Å². The number of nitrogens with zero attached hydrogens (tertiary/aromatic N) is 2. The Morgan fingerprint density at radius 3 is 2.71 bits per heavy atom. The van der Waals surface area contributed by atoms with E-state index < -0.39 is 0 Å². The molecule has 0 unspecified atom stereocenters. The Morgan fingerprint density at radius 1 is 1.06 bits per heavy atom. The molecule has 1 aliphatic heterocycles. The highest BCUT2D eigenvalue weighted by Crippen LogP contribution is 2.24. The lowest BCUT2D eigenvalue weighted by molar-refractivity contribution is -0.121. The van der Waals surface area contributed by atoms with Crippen molar-refractivity contribution in [3.63, 3.8) is 0 Å². The normalized spacial score (nSPS) is 17.2. The molecule has 164 valence electrons. The molecule has 1 amide bonds. The number of aryl methyl sites for hydroxylation is 2. The zero-order chi connectivity index (χ0) is 21.6. The monoisotopic (exact) mass is 417 g/mol. The third-order valence-corrected chi connectivity index (χ3v) is 6.76. The number of aromatic nitrogens is 1. The molecule has 1 atom stereocenters. The summed E-state index contributed by atoms with van der Waals surface area (Å²) in [5.41, 5.74) is 5.13. The van der Waals surface area contributed by atoms with Gasteiger partial charge in [-0.05, 0) is 62.4 Å². The van der Waals surface area contributed by atoms with Gasteiger partial charge in [-0.25, -0.2) is 0 Å². The number of hydrogen-bond acceptors (Lipinski definition) is 2. The molecular weight excluding hydrogens is 382 g/mol. The summed E-state index contributed by atoms with van der Waals surface area (Å²) in [6, 6.07) is 17.7. The summed E-state index contributed by atoms with van der Waals surface area (Å²) in [4.78, 5) is 15.0. The summed E-state index contributed by atoms with van der Waals surface area (Å²) < 4.78 is 2.32. The molecule has 4 rings (SSSR count). The quantitative estimate of drug-likeness (QED) is 0.565. The first-order valence-corrected chi connectivity index (χ1v) is 11.7. The fourth-order valence-electron chi connectivity index (χ4n) is 4.79. The molecular formula is C27H35N3O. The standard InChI is InChI=1S/C27H35N3O/c1-21-9-3-4-11-23(21)19-30-20-24(25-12-5-6-13-26(25)30)14-15-27(31)28-16-18-29-17-8-7-10-22(29)2/h3-6,9,11-13,20,22H,7-8,10,14-19H2,1-2H3,(H,28,31)/t22-/m0/s1. The van der Waals surface area contributed by atoms with Gasteiger partial charge in [-0.1, -0.05) is 48.9 Å². The highest BCUT2D eigenvalue weighted by atomic mass is 16.1. The van der Waals surface area contributed by atoms with Crippen LogP contribution in [0, 0.1) is 6.92 Å². The molecule has 0 aliphatic carbocycles. The molecule has 0 spiro atoms. The van der Waals surface area contributed by atoms with Crippen LogP contribution >= 0.6 is 0 Å². The van der Waals surface area contributed by atoms with E-state index in [9.17, 15) is 4.79 Å². The van der Waals surface area contributed by atoms with E-state index in [0.717, 1.165) is 32.6 Å². The van der Waals surface area contributed by atoms with E-state index in [0.29, 0.717) is 12.5 Å². The van der Waals surface area contributed by atoms with Crippen molar-refractivity contribution in [2.45, 2.75) is 58.5 Å². The average molecular weight is 418 g/mol. The van der Waals surface area contributed by atoms with Crippen molar-refractivity contribution in [1.29, 1.82) is 0 Å². The van der Waals surface area contributed by atoms with Crippen LogP contribution in [-0.2, 0) is 17.8 Å². The van der Waals surface area contributed by atoms with Gasteiger partial charge in [0.1, 0.15) is 0 Å². The van der Waals surface area contributed by atoms with E-state index in [1.54, 1.807) is 0 Å². The maximum absolute atomic E-state index is 12.5. The van der Waals surface area contributed by atoms with Crippen LogP contribution in [-0.4, -0.2) is 41.1 Å². The van der Waals surface area contributed by atoms with Crippen LogP contribution < -0.4 is 5.32 Å². The zero-order valence-electron chi connectivity index (χ0n) is 18.9. The SMILES string of the molecule is Cc1ccccc1Cn1cc(CCC(=O)NCCN2CCCC[C@@H]2C)c2ccccc21. The van der Waals surface area contributed by atoms with Gasteiger partial charge in [0.25, 0.3) is 0 Å². The maximum atomic E-state index is 12.5. The van der Waals surface area contributed by atoms with Crippen LogP contribution in [0.2, 0.25) is 0 Å². The molecule has 2 heterocycles. The molecule has 0 saturated carbocycles. The smallest absolute Gasteiger partial charge is 0.220 e. The van der Waals surface area contributed by atoms with Crippen LogP contribution in [0.15, 0.2) is 54.7 Å². The molecule has 4 heteroatoms. The zero-order valence-corrected chi connectivity index (χ0v) is 18.9. The second kappa shape index (κ2) is 10.1. The number of likely N-dealkylation sites (tertiary alicyclic amines) is 1. The summed E-state index contributed by atoms with van der Waals surface area (Å²) in [6.45, 7) is 8.19. The van der Waals surface area contributed by atoms with Crippen molar-refractivity contribution in [3.8, 4) is 0 Å². The van der Waals surface area contributed by atoms with E-state index >= 15 is 0 Å². The number of piperidine rings is 1. The second-order valence-corrected chi connectivity index (χ2v) is 8.96. The molecule has 3 aromatic rings. The Bertz CT molecular complexity index is 1020. The summed E-state index contributed by atoms with van der Waals surface area (Å²) in [5, 5.41) is 4.39. The summed E-state index contributed by atoms with van der Waals surface area (Å²) in [7, 11) is 0. The number of hydrogen-bond donors (Lipinski definition) is 1. The van der Waals surface area contributed by atoms with Crippen molar-refractivity contribution in [2.75, 3.05) is 19.6 Å². The predicted molar refractivity (Wildman–Crippen MR) is 128 cm³/mol. The van der Waals surface area contributed by atoms with E-state index in [1.165, 1.54) is 46.9 Å². The first kappa shape index (κ1) is 21.6. The van der Waals surface area contributed by atoms with Crippen LogP contribution in [0.25, 0.3) is 10.9 Å². The number of benzene rings is 2. The van der Waals surface area contributed by atoms with Crippen molar-refractivity contribution in [2.24, 2.45) is 0 Å². The Kier molecular flexibility index (Phi) is 7.08. The number of carbonyl (C=O) groups is 1. The molecule has 2 aromatic carbocycles. The molecule has 1 N–H and O–H groups in total. The minimum absolute atomic E-state index is 0.153. The van der Waals surface area contributed by atoms with Gasteiger partial charge in [-0.3, -0.25) is 9.69 Å². The molecule has 31 heavy (non-hydrogen) atoms. The molecule has 1 saturated heterocycles. The maximum Gasteiger partial charge on any atom is 0.220 e. The van der Waals surface area contributed by atoms with E-state index in [-0.39, 0.29) is 5.91 Å². The van der Waals surface area contributed by atoms with E-state index in [2.05, 4.69) is 83.4 Å². The fraction of sp³-hybridized carbons (Fsp3) is 0.444. The van der Waals surface area contributed by atoms with Crippen molar-refractivity contribution < 1.29 is 4.79 Å². The number of fused-ring (bicyclic) bond motifs is 1. The van der Waals surface area contributed by atoms with Gasteiger partial charge in [0.2, 0.25) is 5.91 Å². The first-order chi connectivity index (χ1) is 15.1.